The van der Waals surface area contributed by atoms with Crippen LogP contribution in [-0.4, -0.2) is 27.3 Å². The molecular weight excluding hydrogens is 316 g/mol. The van der Waals surface area contributed by atoms with Crippen LogP contribution in [0.3, 0.4) is 0 Å². The number of carbonyl (C=O) groups excluding carboxylic acids is 1. The van der Waals surface area contributed by atoms with E-state index in [2.05, 4.69) is 19.1 Å². The lowest BCUT2D eigenvalue weighted by Gasteiger charge is -2.32. The lowest BCUT2D eigenvalue weighted by atomic mass is 9.74. The second-order valence-corrected chi connectivity index (χ2v) is 6.89. The van der Waals surface area contributed by atoms with E-state index in [9.17, 15) is 4.79 Å². The fourth-order valence-corrected chi connectivity index (χ4v) is 3.99. The zero-order chi connectivity index (χ0) is 18.2. The summed E-state index contributed by atoms with van der Waals surface area (Å²) in [7, 11) is 4.87. The van der Waals surface area contributed by atoms with Crippen molar-refractivity contribution < 1.29 is 19.0 Å². The summed E-state index contributed by atoms with van der Waals surface area (Å²) in [6.07, 6.45) is 8.61. The standard InChI is InChI=1S/C21H32O4/c1-5-6-7-10-15-13-18(23-2)20(19(14-15)24-3)16-11-8-9-12-17(16)21(22)25-4/h13-14,16-17H,5-12H2,1-4H3. The van der Waals surface area contributed by atoms with E-state index >= 15 is 0 Å². The van der Waals surface area contributed by atoms with Crippen LogP contribution in [0.2, 0.25) is 0 Å². The van der Waals surface area contributed by atoms with Gasteiger partial charge in [0.15, 0.2) is 0 Å². The molecule has 1 aliphatic rings. The first-order chi connectivity index (χ1) is 12.2. The summed E-state index contributed by atoms with van der Waals surface area (Å²) in [5, 5.41) is 0. The third kappa shape index (κ3) is 4.68. The molecule has 0 heterocycles. The normalized spacial score (nSPS) is 20.2. The predicted molar refractivity (Wildman–Crippen MR) is 99.5 cm³/mol. The molecule has 0 bridgehead atoms. The zero-order valence-corrected chi connectivity index (χ0v) is 16.1. The van der Waals surface area contributed by atoms with Crippen molar-refractivity contribution in [1.82, 2.24) is 0 Å². The van der Waals surface area contributed by atoms with Gasteiger partial charge in [0.05, 0.1) is 27.2 Å². The Morgan fingerprint density at radius 3 is 2.24 bits per heavy atom. The molecule has 4 heteroatoms. The summed E-state index contributed by atoms with van der Waals surface area (Å²) in [6, 6.07) is 4.24. The predicted octanol–water partition coefficient (Wildman–Crippen LogP) is 4.88. The van der Waals surface area contributed by atoms with Crippen LogP contribution in [0.1, 0.15) is 68.9 Å². The van der Waals surface area contributed by atoms with Gasteiger partial charge in [-0.1, -0.05) is 32.6 Å². The maximum Gasteiger partial charge on any atom is 0.309 e. The van der Waals surface area contributed by atoms with E-state index in [1.807, 2.05) is 0 Å². The highest BCUT2D eigenvalue weighted by molar-refractivity contribution is 5.74. The van der Waals surface area contributed by atoms with Gasteiger partial charge >= 0.3 is 5.97 Å². The fraction of sp³-hybridized carbons (Fsp3) is 0.667. The van der Waals surface area contributed by atoms with E-state index in [0.29, 0.717) is 0 Å². The third-order valence-electron chi connectivity index (χ3n) is 5.31. The van der Waals surface area contributed by atoms with Crippen LogP contribution in [0.25, 0.3) is 0 Å². The molecule has 0 spiro atoms. The van der Waals surface area contributed by atoms with Crippen LogP contribution in [0.15, 0.2) is 12.1 Å². The molecule has 1 aromatic carbocycles. The second-order valence-electron chi connectivity index (χ2n) is 6.89. The molecule has 2 unspecified atom stereocenters. The summed E-state index contributed by atoms with van der Waals surface area (Å²) in [5.74, 6) is 1.53. The van der Waals surface area contributed by atoms with Crippen molar-refractivity contribution in [2.24, 2.45) is 5.92 Å². The molecule has 2 atom stereocenters. The number of unbranched alkanes of at least 4 members (excludes halogenated alkanes) is 2. The van der Waals surface area contributed by atoms with E-state index in [0.717, 1.165) is 55.6 Å². The van der Waals surface area contributed by atoms with Gasteiger partial charge in [0.2, 0.25) is 0 Å². The lowest BCUT2D eigenvalue weighted by Crippen LogP contribution is -2.27. The van der Waals surface area contributed by atoms with Crippen molar-refractivity contribution in [2.75, 3.05) is 21.3 Å². The first kappa shape index (κ1) is 19.6. The average molecular weight is 348 g/mol. The molecule has 2 rings (SSSR count). The number of aryl methyl sites for hydroxylation is 1. The quantitative estimate of drug-likeness (QED) is 0.496. The first-order valence-electron chi connectivity index (χ1n) is 9.48. The summed E-state index contributed by atoms with van der Waals surface area (Å²) in [5.41, 5.74) is 2.26. The van der Waals surface area contributed by atoms with Gasteiger partial charge in [0, 0.05) is 11.5 Å². The Labute approximate surface area is 151 Å². The Balaban J connectivity index is 2.38. The fourth-order valence-electron chi connectivity index (χ4n) is 3.99. The van der Waals surface area contributed by atoms with E-state index in [4.69, 9.17) is 14.2 Å². The molecule has 0 aromatic heterocycles. The Hall–Kier alpha value is -1.71. The zero-order valence-electron chi connectivity index (χ0n) is 16.1. The Morgan fingerprint density at radius 1 is 1.04 bits per heavy atom. The molecule has 1 saturated carbocycles. The topological polar surface area (TPSA) is 44.8 Å². The van der Waals surface area contributed by atoms with E-state index in [1.165, 1.54) is 25.5 Å². The van der Waals surface area contributed by atoms with Crippen LogP contribution < -0.4 is 9.47 Å². The van der Waals surface area contributed by atoms with Crippen molar-refractivity contribution in [3.8, 4) is 11.5 Å². The molecule has 0 radical (unpaired) electrons. The molecular formula is C21H32O4. The van der Waals surface area contributed by atoms with Crippen molar-refractivity contribution in [2.45, 2.75) is 64.2 Å². The lowest BCUT2D eigenvalue weighted by molar-refractivity contribution is -0.147. The van der Waals surface area contributed by atoms with E-state index in [-0.39, 0.29) is 17.8 Å². The molecule has 4 nitrogen and oxygen atoms in total. The Kier molecular flexibility index (Phi) is 7.60. The SMILES string of the molecule is CCCCCc1cc(OC)c(C2CCCCC2C(=O)OC)c(OC)c1. The van der Waals surface area contributed by atoms with Gasteiger partial charge in [0.1, 0.15) is 11.5 Å². The van der Waals surface area contributed by atoms with Gasteiger partial charge in [-0.2, -0.15) is 0 Å². The summed E-state index contributed by atoms with van der Waals surface area (Å²) < 4.78 is 16.5. The maximum absolute atomic E-state index is 12.3. The molecule has 1 fully saturated rings. The number of ether oxygens (including phenoxy) is 3. The molecule has 25 heavy (non-hydrogen) atoms. The number of rotatable bonds is 8. The van der Waals surface area contributed by atoms with Gasteiger partial charge < -0.3 is 14.2 Å². The Morgan fingerprint density at radius 2 is 1.68 bits per heavy atom. The summed E-state index contributed by atoms with van der Waals surface area (Å²) in [4.78, 5) is 12.3. The summed E-state index contributed by atoms with van der Waals surface area (Å²) in [6.45, 7) is 2.21. The molecule has 0 N–H and O–H groups in total. The number of hydrogen-bond acceptors (Lipinski definition) is 4. The summed E-state index contributed by atoms with van der Waals surface area (Å²) >= 11 is 0. The molecule has 0 saturated heterocycles. The Bertz CT molecular complexity index is 542. The van der Waals surface area contributed by atoms with Gasteiger partial charge in [-0.3, -0.25) is 4.79 Å². The van der Waals surface area contributed by atoms with E-state index in [1.54, 1.807) is 14.2 Å². The minimum Gasteiger partial charge on any atom is -0.496 e. The number of hydrogen-bond donors (Lipinski definition) is 0. The monoisotopic (exact) mass is 348 g/mol. The maximum atomic E-state index is 12.3. The highest BCUT2D eigenvalue weighted by Crippen LogP contribution is 2.46. The number of methoxy groups -OCH3 is 3. The van der Waals surface area contributed by atoms with Gasteiger partial charge in [-0.15, -0.1) is 0 Å². The van der Waals surface area contributed by atoms with Gasteiger partial charge in [-0.05, 0) is 43.4 Å². The third-order valence-corrected chi connectivity index (χ3v) is 5.31. The molecule has 1 aromatic rings. The van der Waals surface area contributed by atoms with Crippen molar-refractivity contribution in [1.29, 1.82) is 0 Å². The van der Waals surface area contributed by atoms with Crippen molar-refractivity contribution in [3.63, 3.8) is 0 Å². The van der Waals surface area contributed by atoms with E-state index < -0.39 is 0 Å². The number of esters is 1. The molecule has 0 aliphatic heterocycles. The van der Waals surface area contributed by atoms with Crippen LogP contribution >= 0.6 is 0 Å². The van der Waals surface area contributed by atoms with Gasteiger partial charge in [-0.25, -0.2) is 0 Å². The average Bonchev–Trinajstić information content (AvgIpc) is 2.66. The van der Waals surface area contributed by atoms with Crippen LogP contribution in [0.5, 0.6) is 11.5 Å². The van der Waals surface area contributed by atoms with Gasteiger partial charge in [0.25, 0.3) is 0 Å². The number of carbonyl (C=O) groups is 1. The molecule has 1 aliphatic carbocycles. The largest absolute Gasteiger partial charge is 0.496 e. The second kappa shape index (κ2) is 9.69. The van der Waals surface area contributed by atoms with Crippen LogP contribution in [0.4, 0.5) is 0 Å². The van der Waals surface area contributed by atoms with Crippen LogP contribution in [-0.2, 0) is 16.0 Å². The number of benzene rings is 1. The highest BCUT2D eigenvalue weighted by Gasteiger charge is 2.36. The molecule has 140 valence electrons. The van der Waals surface area contributed by atoms with Crippen molar-refractivity contribution >= 4 is 5.97 Å². The minimum absolute atomic E-state index is 0.0933. The van der Waals surface area contributed by atoms with Crippen LogP contribution in [0, 0.1) is 5.92 Å². The highest BCUT2D eigenvalue weighted by atomic mass is 16.5. The molecule has 0 amide bonds. The van der Waals surface area contributed by atoms with Crippen molar-refractivity contribution in [3.05, 3.63) is 23.3 Å². The first-order valence-corrected chi connectivity index (χ1v) is 9.48. The minimum atomic E-state index is -0.124. The smallest absolute Gasteiger partial charge is 0.309 e.